The largest absolute Gasteiger partial charge is 0.370 e. The second-order valence-electron chi connectivity index (χ2n) is 3.72. The monoisotopic (exact) mass is 268 g/mol. The standard InChI is InChI=1S/C12H10Cl2N2O/c13-10-5-7(1-2-11(15)17)9-6-16-4-3-8(9)12(10)14/h3-6H,1-2H2,(H2,15,17). The number of nitrogens with two attached hydrogens (primary N) is 1. The van der Waals surface area contributed by atoms with Gasteiger partial charge in [0.15, 0.2) is 0 Å². The number of benzene rings is 1. The van der Waals surface area contributed by atoms with Gasteiger partial charge in [-0.2, -0.15) is 0 Å². The summed E-state index contributed by atoms with van der Waals surface area (Å²) in [5.74, 6) is -0.340. The Morgan fingerprint density at radius 3 is 2.82 bits per heavy atom. The van der Waals surface area contributed by atoms with E-state index in [-0.39, 0.29) is 12.3 Å². The third kappa shape index (κ3) is 2.51. The Bertz CT molecular complexity index is 584. The number of pyridine rings is 1. The maximum atomic E-state index is 10.8. The normalized spacial score (nSPS) is 10.7. The molecular weight excluding hydrogens is 259 g/mol. The Kier molecular flexibility index (Phi) is 3.50. The zero-order chi connectivity index (χ0) is 12.4. The van der Waals surface area contributed by atoms with E-state index in [4.69, 9.17) is 28.9 Å². The molecule has 1 aromatic heterocycles. The first-order valence-electron chi connectivity index (χ1n) is 5.08. The van der Waals surface area contributed by atoms with E-state index in [1.165, 1.54) is 0 Å². The molecule has 0 radical (unpaired) electrons. The molecule has 2 aromatic rings. The SMILES string of the molecule is NC(=O)CCc1cc(Cl)c(Cl)c2ccncc12. The van der Waals surface area contributed by atoms with Gasteiger partial charge in [0.1, 0.15) is 0 Å². The zero-order valence-corrected chi connectivity index (χ0v) is 10.4. The fourth-order valence-electron chi connectivity index (χ4n) is 1.73. The quantitative estimate of drug-likeness (QED) is 0.931. The number of aromatic nitrogens is 1. The molecule has 2 N–H and O–H groups in total. The zero-order valence-electron chi connectivity index (χ0n) is 8.91. The van der Waals surface area contributed by atoms with Crippen LogP contribution >= 0.6 is 23.2 Å². The number of carbonyl (C=O) groups is 1. The molecule has 0 spiro atoms. The van der Waals surface area contributed by atoms with E-state index in [0.717, 1.165) is 16.3 Å². The molecule has 0 atom stereocenters. The minimum Gasteiger partial charge on any atom is -0.370 e. The summed E-state index contributed by atoms with van der Waals surface area (Å²) < 4.78 is 0. The van der Waals surface area contributed by atoms with E-state index in [2.05, 4.69) is 4.98 Å². The number of carbonyl (C=O) groups excluding carboxylic acids is 1. The fourth-order valence-corrected chi connectivity index (χ4v) is 2.18. The van der Waals surface area contributed by atoms with Crippen LogP contribution in [0.3, 0.4) is 0 Å². The molecule has 17 heavy (non-hydrogen) atoms. The van der Waals surface area contributed by atoms with Gasteiger partial charge in [-0.25, -0.2) is 0 Å². The highest BCUT2D eigenvalue weighted by Crippen LogP contribution is 2.33. The van der Waals surface area contributed by atoms with Crippen molar-refractivity contribution < 1.29 is 4.79 Å². The van der Waals surface area contributed by atoms with Gasteiger partial charge in [0.05, 0.1) is 10.0 Å². The molecule has 0 unspecified atom stereocenters. The Balaban J connectivity index is 2.55. The van der Waals surface area contributed by atoms with Crippen LogP contribution in [0.15, 0.2) is 24.5 Å². The van der Waals surface area contributed by atoms with Gasteiger partial charge in [-0.05, 0) is 24.1 Å². The van der Waals surface area contributed by atoms with Crippen molar-refractivity contribution in [3.8, 4) is 0 Å². The van der Waals surface area contributed by atoms with E-state index >= 15 is 0 Å². The molecule has 5 heteroatoms. The van der Waals surface area contributed by atoms with Crippen LogP contribution in [0.1, 0.15) is 12.0 Å². The maximum absolute atomic E-state index is 10.8. The molecule has 1 aromatic carbocycles. The van der Waals surface area contributed by atoms with Crippen molar-refractivity contribution in [2.75, 3.05) is 0 Å². The topological polar surface area (TPSA) is 56.0 Å². The van der Waals surface area contributed by atoms with Crippen molar-refractivity contribution in [2.45, 2.75) is 12.8 Å². The predicted octanol–water partition coefficient (Wildman–Crippen LogP) is 2.96. The average molecular weight is 269 g/mol. The summed E-state index contributed by atoms with van der Waals surface area (Å²) in [5.41, 5.74) is 6.07. The molecule has 0 aliphatic carbocycles. The van der Waals surface area contributed by atoms with Gasteiger partial charge in [-0.1, -0.05) is 23.2 Å². The predicted molar refractivity (Wildman–Crippen MR) is 69.3 cm³/mol. The maximum Gasteiger partial charge on any atom is 0.217 e. The summed E-state index contributed by atoms with van der Waals surface area (Å²) in [5, 5.41) is 2.73. The van der Waals surface area contributed by atoms with Crippen molar-refractivity contribution in [3.63, 3.8) is 0 Å². The van der Waals surface area contributed by atoms with E-state index in [9.17, 15) is 4.79 Å². The number of aryl methyl sites for hydroxylation is 1. The van der Waals surface area contributed by atoms with Gasteiger partial charge in [0, 0.05) is 29.6 Å². The molecule has 2 rings (SSSR count). The molecule has 88 valence electrons. The lowest BCUT2D eigenvalue weighted by molar-refractivity contribution is -0.117. The number of halogens is 2. The first-order chi connectivity index (χ1) is 8.09. The van der Waals surface area contributed by atoms with Crippen LogP contribution in [0.25, 0.3) is 10.8 Å². The Hall–Kier alpha value is -1.32. The summed E-state index contributed by atoms with van der Waals surface area (Å²) in [7, 11) is 0. The second kappa shape index (κ2) is 4.90. The Labute approximate surface area is 109 Å². The van der Waals surface area contributed by atoms with Gasteiger partial charge in [0.25, 0.3) is 0 Å². The number of amides is 1. The minimum atomic E-state index is -0.340. The van der Waals surface area contributed by atoms with Crippen molar-refractivity contribution in [3.05, 3.63) is 40.1 Å². The molecule has 0 saturated carbocycles. The van der Waals surface area contributed by atoms with E-state index in [0.29, 0.717) is 16.5 Å². The van der Waals surface area contributed by atoms with Gasteiger partial charge in [-0.3, -0.25) is 9.78 Å². The molecule has 0 fully saturated rings. The highest BCUT2D eigenvalue weighted by atomic mass is 35.5. The molecule has 0 bridgehead atoms. The van der Waals surface area contributed by atoms with Gasteiger partial charge in [0.2, 0.25) is 5.91 Å². The van der Waals surface area contributed by atoms with Crippen LogP contribution in [-0.4, -0.2) is 10.9 Å². The first-order valence-corrected chi connectivity index (χ1v) is 5.84. The first kappa shape index (κ1) is 12.1. The summed E-state index contributed by atoms with van der Waals surface area (Å²) in [6, 6.07) is 3.56. The van der Waals surface area contributed by atoms with Gasteiger partial charge >= 0.3 is 0 Å². The lowest BCUT2D eigenvalue weighted by atomic mass is 10.0. The van der Waals surface area contributed by atoms with Crippen LogP contribution < -0.4 is 5.73 Å². The molecule has 0 saturated heterocycles. The van der Waals surface area contributed by atoms with Gasteiger partial charge < -0.3 is 5.73 Å². The lowest BCUT2D eigenvalue weighted by Crippen LogP contribution is -2.11. The smallest absolute Gasteiger partial charge is 0.217 e. The van der Waals surface area contributed by atoms with Crippen LogP contribution in [0.5, 0.6) is 0 Å². The van der Waals surface area contributed by atoms with Crippen molar-refractivity contribution in [2.24, 2.45) is 5.73 Å². The Morgan fingerprint density at radius 1 is 1.35 bits per heavy atom. The van der Waals surface area contributed by atoms with Crippen LogP contribution in [-0.2, 0) is 11.2 Å². The number of nitrogens with zero attached hydrogens (tertiary/aromatic N) is 1. The number of rotatable bonds is 3. The highest BCUT2D eigenvalue weighted by Gasteiger charge is 2.10. The summed E-state index contributed by atoms with van der Waals surface area (Å²) in [6.45, 7) is 0. The van der Waals surface area contributed by atoms with Crippen LogP contribution in [0, 0.1) is 0 Å². The number of primary amides is 1. The Morgan fingerprint density at radius 2 is 2.12 bits per heavy atom. The van der Waals surface area contributed by atoms with E-state index in [1.54, 1.807) is 24.5 Å². The lowest BCUT2D eigenvalue weighted by Gasteiger charge is -2.08. The van der Waals surface area contributed by atoms with Gasteiger partial charge in [-0.15, -0.1) is 0 Å². The van der Waals surface area contributed by atoms with E-state index in [1.807, 2.05) is 0 Å². The number of hydrogen-bond donors (Lipinski definition) is 1. The fraction of sp³-hybridized carbons (Fsp3) is 0.167. The molecule has 1 amide bonds. The minimum absolute atomic E-state index is 0.280. The van der Waals surface area contributed by atoms with Crippen molar-refractivity contribution >= 4 is 39.9 Å². The number of hydrogen-bond acceptors (Lipinski definition) is 2. The molecule has 0 aliphatic heterocycles. The van der Waals surface area contributed by atoms with Crippen LogP contribution in [0.4, 0.5) is 0 Å². The molecule has 0 aliphatic rings. The summed E-state index contributed by atoms with van der Waals surface area (Å²) in [6.07, 6.45) is 4.19. The van der Waals surface area contributed by atoms with Crippen LogP contribution in [0.2, 0.25) is 10.0 Å². The molecular formula is C12H10Cl2N2O. The van der Waals surface area contributed by atoms with E-state index < -0.39 is 0 Å². The van der Waals surface area contributed by atoms with Crippen molar-refractivity contribution in [1.82, 2.24) is 4.98 Å². The summed E-state index contributed by atoms with van der Waals surface area (Å²) in [4.78, 5) is 14.9. The average Bonchev–Trinajstić information content (AvgIpc) is 2.32. The molecule has 1 heterocycles. The van der Waals surface area contributed by atoms with Crippen molar-refractivity contribution in [1.29, 1.82) is 0 Å². The third-order valence-electron chi connectivity index (χ3n) is 2.55. The summed E-state index contributed by atoms with van der Waals surface area (Å²) >= 11 is 12.1. The second-order valence-corrected chi connectivity index (χ2v) is 4.50. The highest BCUT2D eigenvalue weighted by molar-refractivity contribution is 6.45. The third-order valence-corrected chi connectivity index (χ3v) is 3.36. The molecule has 3 nitrogen and oxygen atoms in total. The number of fused-ring (bicyclic) bond motifs is 1.